The molecule has 2 unspecified atom stereocenters. The fourth-order valence-electron chi connectivity index (χ4n) is 4.83. The lowest BCUT2D eigenvalue weighted by Gasteiger charge is -2.45. The van der Waals surface area contributed by atoms with Gasteiger partial charge < -0.3 is 14.6 Å². The van der Waals surface area contributed by atoms with Gasteiger partial charge in [-0.2, -0.15) is 13.2 Å². The van der Waals surface area contributed by atoms with E-state index in [1.807, 2.05) is 30.3 Å². The number of hydrogen-bond acceptors (Lipinski definition) is 4. The molecule has 0 radical (unpaired) electrons. The molecule has 2 atom stereocenters. The molecule has 1 N–H and O–H groups in total. The summed E-state index contributed by atoms with van der Waals surface area (Å²) in [4.78, 5) is 29.7. The van der Waals surface area contributed by atoms with Crippen molar-refractivity contribution in [1.82, 2.24) is 15.1 Å². The zero-order valence-electron chi connectivity index (χ0n) is 22.0. The Balaban J connectivity index is 1.50. The van der Waals surface area contributed by atoms with E-state index in [4.69, 9.17) is 4.42 Å². The van der Waals surface area contributed by atoms with Crippen LogP contribution in [0.5, 0.6) is 0 Å². The lowest BCUT2D eigenvalue weighted by molar-refractivity contribution is -0.150. The first kappa shape index (κ1) is 28.4. The van der Waals surface area contributed by atoms with E-state index in [1.54, 1.807) is 42.9 Å². The number of furan rings is 1. The fourth-order valence-corrected chi connectivity index (χ4v) is 4.83. The molecular weight excluding hydrogens is 514 g/mol. The van der Waals surface area contributed by atoms with Crippen molar-refractivity contribution in [3.05, 3.63) is 83.4 Å². The van der Waals surface area contributed by atoms with Crippen LogP contribution in [-0.2, 0) is 28.9 Å². The van der Waals surface area contributed by atoms with Gasteiger partial charge in [0.05, 0.1) is 11.8 Å². The van der Waals surface area contributed by atoms with Gasteiger partial charge in [0.15, 0.2) is 0 Å². The number of piperazine rings is 1. The number of halogens is 4. The third-order valence-corrected chi connectivity index (χ3v) is 6.81. The molecule has 2 heterocycles. The summed E-state index contributed by atoms with van der Waals surface area (Å²) in [5.41, 5.74) is 0.680. The Morgan fingerprint density at radius 3 is 2.41 bits per heavy atom. The van der Waals surface area contributed by atoms with E-state index < -0.39 is 29.6 Å². The monoisotopic (exact) mass is 545 g/mol. The van der Waals surface area contributed by atoms with Crippen LogP contribution in [0.25, 0.3) is 11.3 Å². The molecule has 2 aromatic carbocycles. The maximum absolute atomic E-state index is 14.5. The molecule has 0 spiro atoms. The minimum absolute atomic E-state index is 0.0573. The molecule has 1 saturated heterocycles. The normalized spacial score (nSPS) is 18.4. The van der Waals surface area contributed by atoms with Crippen LogP contribution in [0, 0.1) is 11.7 Å². The fraction of sp³-hybridized carbons (Fsp3) is 0.379. The standard InChI is InChI=1S/C29H31F4N3O3/c1-18(2)28(38)36-19(3)15-35(16-22-13-23(29(31,32)33)10-11-24(22)30)17-25(36)27(37)34-14-20-6-8-21(9-7-20)26-5-4-12-39-26/h4-13,18-19,25H,14-17H2,1-3H3,(H,34,37). The smallest absolute Gasteiger partial charge is 0.416 e. The van der Waals surface area contributed by atoms with Crippen LogP contribution in [0.3, 0.4) is 0 Å². The van der Waals surface area contributed by atoms with Gasteiger partial charge in [0, 0.05) is 49.3 Å². The lowest BCUT2D eigenvalue weighted by Crippen LogP contribution is -2.64. The second-order valence-corrected chi connectivity index (χ2v) is 10.2. The highest BCUT2D eigenvalue weighted by molar-refractivity contribution is 5.89. The minimum Gasteiger partial charge on any atom is -0.464 e. The van der Waals surface area contributed by atoms with Crippen molar-refractivity contribution < 1.29 is 31.6 Å². The van der Waals surface area contributed by atoms with Crippen molar-refractivity contribution in [3.63, 3.8) is 0 Å². The first-order valence-corrected chi connectivity index (χ1v) is 12.7. The molecule has 39 heavy (non-hydrogen) atoms. The molecule has 0 bridgehead atoms. The molecule has 2 amide bonds. The first-order valence-electron chi connectivity index (χ1n) is 12.7. The summed E-state index contributed by atoms with van der Waals surface area (Å²) in [5, 5.41) is 2.89. The molecule has 0 aliphatic carbocycles. The lowest BCUT2D eigenvalue weighted by atomic mass is 10.0. The Morgan fingerprint density at radius 1 is 1.08 bits per heavy atom. The summed E-state index contributed by atoms with van der Waals surface area (Å²) in [6.07, 6.45) is -3.01. The Hall–Kier alpha value is -3.66. The van der Waals surface area contributed by atoms with E-state index in [0.717, 1.165) is 29.0 Å². The van der Waals surface area contributed by atoms with Gasteiger partial charge in [-0.15, -0.1) is 0 Å². The molecule has 1 aliphatic rings. The van der Waals surface area contributed by atoms with Gasteiger partial charge in [-0.3, -0.25) is 14.5 Å². The number of carbonyl (C=O) groups is 2. The van der Waals surface area contributed by atoms with Crippen LogP contribution in [0.2, 0.25) is 0 Å². The highest BCUT2D eigenvalue weighted by Gasteiger charge is 2.40. The number of benzene rings is 2. The average molecular weight is 546 g/mol. The predicted octanol–water partition coefficient (Wildman–Crippen LogP) is 5.48. The van der Waals surface area contributed by atoms with Crippen molar-refractivity contribution in [3.8, 4) is 11.3 Å². The van der Waals surface area contributed by atoms with Crippen LogP contribution in [-0.4, -0.2) is 46.8 Å². The van der Waals surface area contributed by atoms with Gasteiger partial charge in [-0.05, 0) is 42.8 Å². The highest BCUT2D eigenvalue weighted by Crippen LogP contribution is 2.31. The second-order valence-electron chi connectivity index (χ2n) is 10.2. The molecule has 4 rings (SSSR count). The third kappa shape index (κ3) is 6.68. The van der Waals surface area contributed by atoms with Crippen LogP contribution in [0.15, 0.2) is 65.3 Å². The van der Waals surface area contributed by atoms with E-state index in [1.165, 1.54) is 0 Å². The highest BCUT2D eigenvalue weighted by atomic mass is 19.4. The van der Waals surface area contributed by atoms with E-state index in [9.17, 15) is 27.2 Å². The van der Waals surface area contributed by atoms with Gasteiger partial charge >= 0.3 is 6.18 Å². The van der Waals surface area contributed by atoms with Crippen LogP contribution < -0.4 is 5.32 Å². The predicted molar refractivity (Wildman–Crippen MR) is 138 cm³/mol. The van der Waals surface area contributed by atoms with Crippen molar-refractivity contribution in [2.75, 3.05) is 13.1 Å². The summed E-state index contributed by atoms with van der Waals surface area (Å²) in [6.45, 7) is 5.70. The number of amides is 2. The SMILES string of the molecule is CC(C)C(=O)N1C(C)CN(Cc2cc(C(F)(F)F)ccc2F)CC1C(=O)NCc1ccc(-c2ccco2)cc1. The number of rotatable bonds is 7. The molecule has 1 fully saturated rings. The summed E-state index contributed by atoms with van der Waals surface area (Å²) in [6, 6.07) is 12.1. The van der Waals surface area contributed by atoms with Gasteiger partial charge in [0.25, 0.3) is 0 Å². The molecule has 10 heteroatoms. The molecule has 208 valence electrons. The molecular formula is C29H31F4N3O3. The Bertz CT molecular complexity index is 1290. The van der Waals surface area contributed by atoms with Crippen molar-refractivity contribution in [1.29, 1.82) is 0 Å². The average Bonchev–Trinajstić information content (AvgIpc) is 3.42. The third-order valence-electron chi connectivity index (χ3n) is 6.81. The number of carbonyl (C=O) groups excluding carboxylic acids is 2. The second kappa shape index (κ2) is 11.6. The molecule has 6 nitrogen and oxygen atoms in total. The maximum atomic E-state index is 14.5. The number of nitrogens with zero attached hydrogens (tertiary/aromatic N) is 2. The van der Waals surface area contributed by atoms with Crippen molar-refractivity contribution >= 4 is 11.8 Å². The van der Waals surface area contributed by atoms with Crippen molar-refractivity contribution in [2.45, 2.75) is 52.1 Å². The van der Waals surface area contributed by atoms with Crippen LogP contribution in [0.1, 0.15) is 37.5 Å². The van der Waals surface area contributed by atoms with Gasteiger partial charge in [-0.25, -0.2) is 4.39 Å². The van der Waals surface area contributed by atoms with E-state index in [0.29, 0.717) is 6.07 Å². The molecule has 1 aromatic heterocycles. The van der Waals surface area contributed by atoms with Crippen LogP contribution in [0.4, 0.5) is 17.6 Å². The zero-order chi connectivity index (χ0) is 28.3. The van der Waals surface area contributed by atoms with Gasteiger partial charge in [0.2, 0.25) is 11.8 Å². The summed E-state index contributed by atoms with van der Waals surface area (Å²) in [5.74, 6) is -0.975. The van der Waals surface area contributed by atoms with E-state index in [2.05, 4.69) is 5.32 Å². The number of alkyl halides is 3. The summed E-state index contributed by atoms with van der Waals surface area (Å²) < 4.78 is 59.5. The first-order chi connectivity index (χ1) is 18.4. The summed E-state index contributed by atoms with van der Waals surface area (Å²) >= 11 is 0. The Morgan fingerprint density at radius 2 is 1.79 bits per heavy atom. The van der Waals surface area contributed by atoms with Crippen molar-refractivity contribution in [2.24, 2.45) is 5.92 Å². The molecule has 3 aromatic rings. The summed E-state index contributed by atoms with van der Waals surface area (Å²) in [7, 11) is 0. The number of nitrogens with one attached hydrogen (secondary N) is 1. The zero-order valence-corrected chi connectivity index (χ0v) is 22.0. The topological polar surface area (TPSA) is 65.8 Å². The van der Waals surface area contributed by atoms with Gasteiger partial charge in [-0.1, -0.05) is 38.1 Å². The van der Waals surface area contributed by atoms with Gasteiger partial charge in [0.1, 0.15) is 17.6 Å². The maximum Gasteiger partial charge on any atom is 0.416 e. The minimum atomic E-state index is -4.60. The molecule has 0 saturated carbocycles. The molecule has 1 aliphatic heterocycles. The van der Waals surface area contributed by atoms with E-state index in [-0.39, 0.29) is 49.5 Å². The Labute approximate surface area is 224 Å². The van der Waals surface area contributed by atoms with E-state index >= 15 is 0 Å². The largest absolute Gasteiger partial charge is 0.464 e. The number of hydrogen-bond donors (Lipinski definition) is 1. The Kier molecular flexibility index (Phi) is 8.44. The van der Waals surface area contributed by atoms with Crippen LogP contribution >= 0.6 is 0 Å². The quantitative estimate of drug-likeness (QED) is 0.400.